The second-order valence-corrected chi connectivity index (χ2v) is 6.77. The van der Waals surface area contributed by atoms with Crippen molar-refractivity contribution in [2.24, 2.45) is 0 Å². The standard InChI is InChI=1S/C17H21N3O6S/c1-5-25-17(24)13-8(2)12-15(23)19-14(20-16(12)27-13)9(3)26-11(22)6-7-18-10(4)21/h9H,5-7H2,1-4H3,(H,18,21)(H,19,20,23)/t9-/m0/s1. The number of aromatic nitrogens is 2. The van der Waals surface area contributed by atoms with Gasteiger partial charge in [0, 0.05) is 13.5 Å². The number of nitrogens with zero attached hydrogens (tertiary/aromatic N) is 1. The Morgan fingerprint density at radius 3 is 2.67 bits per heavy atom. The van der Waals surface area contributed by atoms with Gasteiger partial charge < -0.3 is 19.8 Å². The van der Waals surface area contributed by atoms with Gasteiger partial charge in [-0.2, -0.15) is 0 Å². The summed E-state index contributed by atoms with van der Waals surface area (Å²) < 4.78 is 10.2. The van der Waals surface area contributed by atoms with Crippen LogP contribution in [0, 0.1) is 6.92 Å². The second kappa shape index (κ2) is 8.76. The number of carbonyl (C=O) groups is 3. The van der Waals surface area contributed by atoms with Crippen LogP contribution in [0.2, 0.25) is 0 Å². The van der Waals surface area contributed by atoms with Crippen molar-refractivity contribution in [3.8, 4) is 0 Å². The van der Waals surface area contributed by atoms with E-state index in [0.717, 1.165) is 11.3 Å². The molecule has 0 saturated heterocycles. The van der Waals surface area contributed by atoms with Gasteiger partial charge in [0.25, 0.3) is 5.56 Å². The van der Waals surface area contributed by atoms with Gasteiger partial charge in [-0.3, -0.25) is 14.4 Å². The Bertz CT molecular complexity index is 933. The Morgan fingerprint density at radius 2 is 2.04 bits per heavy atom. The van der Waals surface area contributed by atoms with Crippen molar-refractivity contribution >= 4 is 39.4 Å². The lowest BCUT2D eigenvalue weighted by atomic mass is 10.2. The molecule has 2 rings (SSSR count). The van der Waals surface area contributed by atoms with E-state index in [1.807, 2.05) is 0 Å². The normalized spacial score (nSPS) is 11.9. The summed E-state index contributed by atoms with van der Waals surface area (Å²) in [5.74, 6) is -1.10. The van der Waals surface area contributed by atoms with E-state index in [2.05, 4.69) is 15.3 Å². The lowest BCUT2D eigenvalue weighted by Gasteiger charge is -2.12. The van der Waals surface area contributed by atoms with Crippen LogP contribution < -0.4 is 10.9 Å². The summed E-state index contributed by atoms with van der Waals surface area (Å²) in [6, 6.07) is 0. The monoisotopic (exact) mass is 395 g/mol. The number of fused-ring (bicyclic) bond motifs is 1. The average Bonchev–Trinajstić information content (AvgIpc) is 2.92. The Morgan fingerprint density at radius 1 is 1.33 bits per heavy atom. The number of aromatic amines is 1. The number of carbonyl (C=O) groups excluding carboxylic acids is 3. The minimum Gasteiger partial charge on any atom is -0.462 e. The number of amides is 1. The molecule has 0 saturated carbocycles. The third kappa shape index (κ3) is 4.91. The fraction of sp³-hybridized carbons (Fsp3) is 0.471. The molecular formula is C17H21N3O6S. The van der Waals surface area contributed by atoms with Crippen molar-refractivity contribution in [1.82, 2.24) is 15.3 Å². The molecule has 0 spiro atoms. The number of hydrogen-bond acceptors (Lipinski definition) is 8. The highest BCUT2D eigenvalue weighted by Gasteiger charge is 2.22. The molecule has 0 fully saturated rings. The zero-order chi connectivity index (χ0) is 20.1. The first-order valence-electron chi connectivity index (χ1n) is 8.38. The Hall–Kier alpha value is -2.75. The fourth-order valence-corrected chi connectivity index (χ4v) is 3.48. The molecule has 2 heterocycles. The minimum atomic E-state index is -0.791. The van der Waals surface area contributed by atoms with Crippen LogP contribution in [0.4, 0.5) is 0 Å². The topological polar surface area (TPSA) is 127 Å². The molecule has 10 heteroatoms. The molecule has 27 heavy (non-hydrogen) atoms. The highest BCUT2D eigenvalue weighted by atomic mass is 32.1. The van der Waals surface area contributed by atoms with Crippen LogP contribution in [-0.4, -0.2) is 41.0 Å². The molecule has 146 valence electrons. The number of aryl methyl sites for hydroxylation is 1. The summed E-state index contributed by atoms with van der Waals surface area (Å²) in [4.78, 5) is 54.7. The van der Waals surface area contributed by atoms with Crippen LogP contribution in [0.1, 0.15) is 54.4 Å². The third-order valence-corrected chi connectivity index (χ3v) is 4.84. The van der Waals surface area contributed by atoms with E-state index in [0.29, 0.717) is 20.7 Å². The Balaban J connectivity index is 2.22. The number of rotatable bonds is 7. The predicted molar refractivity (Wildman–Crippen MR) is 98.7 cm³/mol. The minimum absolute atomic E-state index is 0.00150. The summed E-state index contributed by atoms with van der Waals surface area (Å²) in [7, 11) is 0. The van der Waals surface area contributed by atoms with E-state index < -0.39 is 23.6 Å². The van der Waals surface area contributed by atoms with Crippen molar-refractivity contribution in [1.29, 1.82) is 0 Å². The maximum atomic E-state index is 12.4. The second-order valence-electron chi connectivity index (χ2n) is 5.77. The molecule has 0 bridgehead atoms. The van der Waals surface area contributed by atoms with Crippen molar-refractivity contribution < 1.29 is 23.9 Å². The van der Waals surface area contributed by atoms with Crippen molar-refractivity contribution in [3.05, 3.63) is 26.6 Å². The average molecular weight is 395 g/mol. The van der Waals surface area contributed by atoms with Crippen LogP contribution >= 0.6 is 11.3 Å². The third-order valence-electron chi connectivity index (χ3n) is 3.68. The summed E-state index contributed by atoms with van der Waals surface area (Å²) in [6.07, 6.45) is -0.790. The van der Waals surface area contributed by atoms with Crippen LogP contribution in [0.5, 0.6) is 0 Å². The van der Waals surface area contributed by atoms with Gasteiger partial charge >= 0.3 is 11.9 Å². The fourth-order valence-electron chi connectivity index (χ4n) is 2.40. The molecule has 9 nitrogen and oxygen atoms in total. The number of esters is 2. The number of nitrogens with one attached hydrogen (secondary N) is 2. The zero-order valence-electron chi connectivity index (χ0n) is 15.5. The van der Waals surface area contributed by atoms with E-state index in [-0.39, 0.29) is 31.3 Å². The molecule has 1 atom stereocenters. The first-order chi connectivity index (χ1) is 12.7. The van der Waals surface area contributed by atoms with Gasteiger partial charge in [0.1, 0.15) is 9.71 Å². The van der Waals surface area contributed by atoms with Gasteiger partial charge in [-0.1, -0.05) is 0 Å². The summed E-state index contributed by atoms with van der Waals surface area (Å²) in [5.41, 5.74) is 0.0918. The van der Waals surface area contributed by atoms with Gasteiger partial charge in [0.2, 0.25) is 5.91 Å². The van der Waals surface area contributed by atoms with Crippen LogP contribution in [0.25, 0.3) is 10.2 Å². The molecule has 0 aliphatic rings. The molecule has 2 aromatic rings. The molecule has 2 N–H and O–H groups in total. The number of ether oxygens (including phenoxy) is 2. The molecule has 2 aromatic heterocycles. The largest absolute Gasteiger partial charge is 0.462 e. The van der Waals surface area contributed by atoms with Crippen molar-refractivity contribution in [3.63, 3.8) is 0 Å². The first-order valence-corrected chi connectivity index (χ1v) is 9.20. The zero-order valence-corrected chi connectivity index (χ0v) is 16.3. The number of thiophene rings is 1. The SMILES string of the molecule is CCOC(=O)c1sc2nc([C@H](C)OC(=O)CCNC(C)=O)[nH]c(=O)c2c1C. The molecule has 0 aliphatic carbocycles. The summed E-state index contributed by atoms with van der Waals surface area (Å²) >= 11 is 1.06. The number of hydrogen-bond donors (Lipinski definition) is 2. The Kier molecular flexibility index (Phi) is 6.67. The molecule has 0 aromatic carbocycles. The van der Waals surface area contributed by atoms with E-state index in [9.17, 15) is 19.2 Å². The van der Waals surface area contributed by atoms with Crippen LogP contribution in [0.15, 0.2) is 4.79 Å². The van der Waals surface area contributed by atoms with Gasteiger partial charge in [-0.25, -0.2) is 9.78 Å². The van der Waals surface area contributed by atoms with Gasteiger partial charge in [-0.05, 0) is 26.3 Å². The highest BCUT2D eigenvalue weighted by molar-refractivity contribution is 7.20. The quantitative estimate of drug-likeness (QED) is 0.682. The van der Waals surface area contributed by atoms with Crippen LogP contribution in [-0.2, 0) is 19.1 Å². The van der Waals surface area contributed by atoms with Crippen molar-refractivity contribution in [2.75, 3.05) is 13.2 Å². The van der Waals surface area contributed by atoms with E-state index >= 15 is 0 Å². The lowest BCUT2D eigenvalue weighted by Crippen LogP contribution is -2.24. The number of H-pyrrole nitrogens is 1. The van der Waals surface area contributed by atoms with E-state index in [1.54, 1.807) is 20.8 Å². The predicted octanol–water partition coefficient (Wildman–Crippen LogP) is 1.60. The lowest BCUT2D eigenvalue weighted by molar-refractivity contribution is -0.148. The summed E-state index contributed by atoms with van der Waals surface area (Å²) in [6.45, 7) is 6.68. The maximum absolute atomic E-state index is 12.4. The van der Waals surface area contributed by atoms with Crippen molar-refractivity contribution in [2.45, 2.75) is 40.2 Å². The molecule has 0 aliphatic heterocycles. The van der Waals surface area contributed by atoms with E-state index in [1.165, 1.54) is 6.92 Å². The maximum Gasteiger partial charge on any atom is 0.348 e. The molecule has 1 amide bonds. The Labute approximate surface area is 159 Å². The molecule has 0 radical (unpaired) electrons. The smallest absolute Gasteiger partial charge is 0.348 e. The van der Waals surface area contributed by atoms with Gasteiger partial charge in [-0.15, -0.1) is 11.3 Å². The van der Waals surface area contributed by atoms with Gasteiger partial charge in [0.05, 0.1) is 18.4 Å². The summed E-state index contributed by atoms with van der Waals surface area (Å²) in [5, 5.41) is 2.81. The first kappa shape index (κ1) is 20.6. The van der Waals surface area contributed by atoms with Gasteiger partial charge in [0.15, 0.2) is 11.9 Å². The molecular weight excluding hydrogens is 374 g/mol. The molecule has 0 unspecified atom stereocenters. The van der Waals surface area contributed by atoms with Crippen LogP contribution in [0.3, 0.4) is 0 Å². The van der Waals surface area contributed by atoms with E-state index in [4.69, 9.17) is 9.47 Å². The highest BCUT2D eigenvalue weighted by Crippen LogP contribution is 2.28.